The third-order valence-corrected chi connectivity index (χ3v) is 5.63. The summed E-state index contributed by atoms with van der Waals surface area (Å²) >= 11 is 0. The van der Waals surface area contributed by atoms with Crippen molar-refractivity contribution in [2.24, 2.45) is 4.99 Å². The topological polar surface area (TPSA) is 61.8 Å². The van der Waals surface area contributed by atoms with Crippen LogP contribution in [-0.4, -0.2) is 36.0 Å². The van der Waals surface area contributed by atoms with Crippen LogP contribution in [0.3, 0.4) is 0 Å². The van der Waals surface area contributed by atoms with E-state index < -0.39 is 5.82 Å². The lowest BCUT2D eigenvalue weighted by molar-refractivity contribution is 0.331. The molecule has 2 heterocycles. The van der Waals surface area contributed by atoms with Gasteiger partial charge in [0, 0.05) is 32.9 Å². The Labute approximate surface area is 217 Å². The van der Waals surface area contributed by atoms with Gasteiger partial charge in [-0.1, -0.05) is 30.3 Å². The second kappa shape index (κ2) is 13.2. The van der Waals surface area contributed by atoms with Crippen LogP contribution in [0.2, 0.25) is 0 Å². The Balaban J connectivity index is 0.00000324. The molecule has 2 aromatic carbocycles. The molecule has 180 valence electrons. The van der Waals surface area contributed by atoms with E-state index in [2.05, 4.69) is 49.8 Å². The number of guanidine groups is 1. The molecule has 1 aromatic heterocycles. The van der Waals surface area contributed by atoms with E-state index in [0.29, 0.717) is 24.8 Å². The molecule has 0 aliphatic carbocycles. The third kappa shape index (κ3) is 7.66. The zero-order valence-corrected chi connectivity index (χ0v) is 21.7. The van der Waals surface area contributed by atoms with Crippen LogP contribution in [0.15, 0.2) is 72.0 Å². The first-order valence-corrected chi connectivity index (χ1v) is 11.3. The quantitative estimate of drug-likeness (QED) is 0.223. The van der Waals surface area contributed by atoms with Gasteiger partial charge < -0.3 is 15.4 Å². The highest BCUT2D eigenvalue weighted by Crippen LogP contribution is 2.24. The van der Waals surface area contributed by atoms with Crippen LogP contribution in [0.4, 0.5) is 4.39 Å². The summed E-state index contributed by atoms with van der Waals surface area (Å²) in [5.74, 6) is 0.903. The fraction of sp³-hybridized carbons (Fsp3) is 0.308. The molecule has 1 fully saturated rings. The first-order valence-electron chi connectivity index (χ1n) is 11.3. The van der Waals surface area contributed by atoms with Crippen LogP contribution >= 0.6 is 24.0 Å². The first kappa shape index (κ1) is 25.9. The molecular formula is C26H31FIN5O. The van der Waals surface area contributed by atoms with Gasteiger partial charge in [0.05, 0.1) is 6.20 Å². The first-order chi connectivity index (χ1) is 16.2. The molecule has 1 aliphatic rings. The van der Waals surface area contributed by atoms with Crippen LogP contribution in [0.25, 0.3) is 0 Å². The van der Waals surface area contributed by atoms with Crippen LogP contribution in [0.1, 0.15) is 29.5 Å². The van der Waals surface area contributed by atoms with Crippen molar-refractivity contribution < 1.29 is 9.13 Å². The van der Waals surface area contributed by atoms with E-state index in [4.69, 9.17) is 4.74 Å². The molecule has 8 heteroatoms. The van der Waals surface area contributed by atoms with Gasteiger partial charge in [-0.15, -0.1) is 24.0 Å². The molecule has 0 amide bonds. The highest BCUT2D eigenvalue weighted by molar-refractivity contribution is 14.0. The zero-order valence-electron chi connectivity index (χ0n) is 19.3. The molecule has 0 spiro atoms. The highest BCUT2D eigenvalue weighted by atomic mass is 127. The van der Waals surface area contributed by atoms with Gasteiger partial charge in [0.25, 0.3) is 0 Å². The van der Waals surface area contributed by atoms with Crippen LogP contribution in [0.5, 0.6) is 11.5 Å². The smallest absolute Gasteiger partial charge is 0.191 e. The summed E-state index contributed by atoms with van der Waals surface area (Å²) in [6.45, 7) is 4.54. The molecule has 34 heavy (non-hydrogen) atoms. The fourth-order valence-corrected chi connectivity index (χ4v) is 3.83. The van der Waals surface area contributed by atoms with Crippen molar-refractivity contribution in [3.63, 3.8) is 0 Å². The van der Waals surface area contributed by atoms with Gasteiger partial charge in [0.2, 0.25) is 0 Å². The van der Waals surface area contributed by atoms with E-state index in [1.807, 2.05) is 6.07 Å². The van der Waals surface area contributed by atoms with Crippen molar-refractivity contribution in [2.75, 3.05) is 20.1 Å². The number of hydrogen-bond donors (Lipinski definition) is 2. The summed E-state index contributed by atoms with van der Waals surface area (Å²) in [6, 6.07) is 17.1. The molecule has 2 N–H and O–H groups in total. The number of ether oxygens (including phenoxy) is 1. The van der Waals surface area contributed by atoms with Crippen LogP contribution in [-0.2, 0) is 19.6 Å². The van der Waals surface area contributed by atoms with Crippen molar-refractivity contribution in [1.82, 2.24) is 20.5 Å². The Morgan fingerprint density at radius 2 is 1.68 bits per heavy atom. The van der Waals surface area contributed by atoms with Crippen molar-refractivity contribution >= 4 is 29.9 Å². The average molecular weight is 575 g/mol. The van der Waals surface area contributed by atoms with Gasteiger partial charge in [-0.25, -0.2) is 4.39 Å². The predicted molar refractivity (Wildman–Crippen MR) is 144 cm³/mol. The average Bonchev–Trinajstić information content (AvgIpc) is 3.35. The molecular weight excluding hydrogens is 544 g/mol. The number of aromatic nitrogens is 1. The molecule has 0 radical (unpaired) electrons. The lowest BCUT2D eigenvalue weighted by Crippen LogP contribution is -2.36. The van der Waals surface area contributed by atoms with Gasteiger partial charge in [0.15, 0.2) is 17.5 Å². The van der Waals surface area contributed by atoms with E-state index in [1.54, 1.807) is 37.6 Å². The molecule has 0 saturated carbocycles. The maximum atomic E-state index is 14.5. The normalized spacial score (nSPS) is 13.9. The van der Waals surface area contributed by atoms with Gasteiger partial charge >= 0.3 is 0 Å². The number of halogens is 2. The summed E-state index contributed by atoms with van der Waals surface area (Å²) in [4.78, 5) is 10.7. The Morgan fingerprint density at radius 3 is 2.32 bits per heavy atom. The molecule has 3 aromatic rings. The maximum Gasteiger partial charge on any atom is 0.191 e. The van der Waals surface area contributed by atoms with Crippen LogP contribution < -0.4 is 15.4 Å². The Morgan fingerprint density at radius 1 is 1.00 bits per heavy atom. The summed E-state index contributed by atoms with van der Waals surface area (Å²) in [7, 11) is 1.72. The molecule has 0 unspecified atom stereocenters. The number of nitrogens with zero attached hydrogens (tertiary/aromatic N) is 3. The second-order valence-electron chi connectivity index (χ2n) is 8.13. The lowest BCUT2D eigenvalue weighted by Gasteiger charge is -2.15. The number of benzene rings is 2. The molecule has 1 saturated heterocycles. The van der Waals surface area contributed by atoms with Crippen LogP contribution in [0, 0.1) is 5.82 Å². The van der Waals surface area contributed by atoms with Gasteiger partial charge in [-0.2, -0.15) is 0 Å². The summed E-state index contributed by atoms with van der Waals surface area (Å²) in [6.07, 6.45) is 5.81. The number of likely N-dealkylation sites (tertiary alicyclic amines) is 1. The molecule has 6 nitrogen and oxygen atoms in total. The SMILES string of the molecule is CN=C(NCc1ccc(CN2CCCC2)cc1)NCc1ccc(Oc2cccnc2)c(F)c1.I. The number of aliphatic imine (C=N–C) groups is 1. The van der Waals surface area contributed by atoms with Crippen molar-refractivity contribution in [1.29, 1.82) is 0 Å². The predicted octanol–water partition coefficient (Wildman–Crippen LogP) is 5.09. The maximum absolute atomic E-state index is 14.5. The van der Waals surface area contributed by atoms with Crippen molar-refractivity contribution in [3.05, 3.63) is 89.5 Å². The molecule has 4 rings (SSSR count). The minimum atomic E-state index is -0.421. The minimum absolute atomic E-state index is 0. The molecule has 0 atom stereocenters. The number of pyridine rings is 1. The van der Waals surface area contributed by atoms with E-state index in [-0.39, 0.29) is 29.7 Å². The highest BCUT2D eigenvalue weighted by Gasteiger charge is 2.11. The van der Waals surface area contributed by atoms with Gasteiger partial charge in [-0.05, 0) is 66.9 Å². The third-order valence-electron chi connectivity index (χ3n) is 5.63. The van der Waals surface area contributed by atoms with Gasteiger partial charge in [-0.3, -0.25) is 14.9 Å². The Kier molecular flexibility index (Phi) is 10.1. The number of rotatable bonds is 8. The van der Waals surface area contributed by atoms with Crippen molar-refractivity contribution in [3.8, 4) is 11.5 Å². The summed E-state index contributed by atoms with van der Waals surface area (Å²) in [5, 5.41) is 6.54. The van der Waals surface area contributed by atoms with E-state index in [0.717, 1.165) is 12.1 Å². The molecule has 0 bridgehead atoms. The Bertz CT molecular complexity index is 1060. The monoisotopic (exact) mass is 575 g/mol. The van der Waals surface area contributed by atoms with Gasteiger partial charge in [0.1, 0.15) is 5.75 Å². The number of hydrogen-bond acceptors (Lipinski definition) is 4. The van der Waals surface area contributed by atoms with E-state index in [9.17, 15) is 4.39 Å². The second-order valence-corrected chi connectivity index (χ2v) is 8.13. The number of nitrogens with one attached hydrogen (secondary N) is 2. The van der Waals surface area contributed by atoms with E-state index in [1.165, 1.54) is 43.1 Å². The van der Waals surface area contributed by atoms with E-state index >= 15 is 0 Å². The Hall–Kier alpha value is -2.72. The largest absolute Gasteiger partial charge is 0.453 e. The van der Waals surface area contributed by atoms with Crippen molar-refractivity contribution in [2.45, 2.75) is 32.5 Å². The standard InChI is InChI=1S/C26H30FN5O.HI/c1-28-26(30-16-20-6-8-21(9-7-20)19-32-13-2-3-14-32)31-17-22-10-11-25(24(27)15-22)33-23-5-4-12-29-18-23;/h4-12,15,18H,2-3,13-14,16-17,19H2,1H3,(H2,28,30,31);1H. The molecule has 1 aliphatic heterocycles. The minimum Gasteiger partial charge on any atom is -0.453 e. The lowest BCUT2D eigenvalue weighted by atomic mass is 10.1. The summed E-state index contributed by atoms with van der Waals surface area (Å²) < 4.78 is 20.0. The zero-order chi connectivity index (χ0) is 22.9. The summed E-state index contributed by atoms with van der Waals surface area (Å²) in [5.41, 5.74) is 3.33. The fourth-order valence-electron chi connectivity index (χ4n) is 3.83.